The first kappa shape index (κ1) is 15.1. The summed E-state index contributed by atoms with van der Waals surface area (Å²) in [6, 6.07) is 11.2. The maximum absolute atomic E-state index is 13.8. The molecule has 0 aliphatic rings. The average Bonchev–Trinajstić information content (AvgIpc) is 2.35. The van der Waals surface area contributed by atoms with Crippen LogP contribution in [0.3, 0.4) is 0 Å². The van der Waals surface area contributed by atoms with Crippen molar-refractivity contribution in [3.8, 4) is 0 Å². The zero-order chi connectivity index (χ0) is 14.8. The lowest BCUT2D eigenvalue weighted by Gasteiger charge is -2.25. The summed E-state index contributed by atoms with van der Waals surface area (Å²) >= 11 is 3.23. The summed E-state index contributed by atoms with van der Waals surface area (Å²) in [6.45, 7) is 1.87. The second kappa shape index (κ2) is 6.02. The van der Waals surface area contributed by atoms with Gasteiger partial charge in [0.25, 0.3) is 0 Å². The fourth-order valence-electron chi connectivity index (χ4n) is 2.23. The molecule has 0 aliphatic carbocycles. The van der Waals surface area contributed by atoms with Gasteiger partial charge < -0.3 is 5.73 Å². The quantitative estimate of drug-likeness (QED) is 0.886. The van der Waals surface area contributed by atoms with Crippen LogP contribution < -0.4 is 5.73 Å². The Morgan fingerprint density at radius 3 is 2.30 bits per heavy atom. The Morgan fingerprint density at radius 1 is 1.05 bits per heavy atom. The molecule has 20 heavy (non-hydrogen) atoms. The zero-order valence-corrected chi connectivity index (χ0v) is 12.8. The minimum atomic E-state index is -0.591. The molecule has 0 spiro atoms. The van der Waals surface area contributed by atoms with Crippen molar-refractivity contribution in [2.45, 2.75) is 25.3 Å². The number of hydrogen-bond donors (Lipinski definition) is 1. The van der Waals surface area contributed by atoms with Gasteiger partial charge >= 0.3 is 0 Å². The van der Waals surface area contributed by atoms with Gasteiger partial charge in [0.05, 0.1) is 0 Å². The minimum absolute atomic E-state index is 0.268. The highest BCUT2D eigenvalue weighted by atomic mass is 79.9. The summed E-state index contributed by atoms with van der Waals surface area (Å²) in [7, 11) is 0. The molecule has 0 aliphatic heterocycles. The van der Waals surface area contributed by atoms with Crippen LogP contribution >= 0.6 is 15.9 Å². The molecule has 0 heterocycles. The molecule has 2 N–H and O–H groups in total. The number of halogens is 3. The fraction of sp³-hybridized carbons (Fsp3) is 0.250. The largest absolute Gasteiger partial charge is 0.325 e. The van der Waals surface area contributed by atoms with Crippen molar-refractivity contribution in [3.05, 3.63) is 69.7 Å². The molecule has 2 rings (SSSR count). The van der Waals surface area contributed by atoms with Gasteiger partial charge in [0, 0.05) is 10.0 Å². The Morgan fingerprint density at radius 2 is 1.70 bits per heavy atom. The molecule has 0 bridgehead atoms. The van der Waals surface area contributed by atoms with Crippen LogP contribution in [-0.2, 0) is 12.8 Å². The standard InChI is InChI=1S/C16H16BrF2N/c1-16(20,9-11-2-6-14(18)7-3-11)10-12-4-5-13(17)8-15(12)19/h2-8H,9-10,20H2,1H3. The molecule has 106 valence electrons. The normalized spacial score (nSPS) is 14.1. The molecular formula is C16H16BrF2N. The molecule has 0 saturated carbocycles. The minimum Gasteiger partial charge on any atom is -0.325 e. The lowest BCUT2D eigenvalue weighted by Crippen LogP contribution is -2.41. The van der Waals surface area contributed by atoms with E-state index in [4.69, 9.17) is 5.73 Å². The van der Waals surface area contributed by atoms with Crippen molar-refractivity contribution in [3.63, 3.8) is 0 Å². The smallest absolute Gasteiger partial charge is 0.127 e. The molecule has 1 nitrogen and oxygen atoms in total. The molecule has 2 aromatic rings. The second-order valence-corrected chi connectivity index (χ2v) is 6.29. The van der Waals surface area contributed by atoms with Gasteiger partial charge in [-0.1, -0.05) is 34.1 Å². The highest BCUT2D eigenvalue weighted by Gasteiger charge is 2.21. The molecule has 0 amide bonds. The van der Waals surface area contributed by atoms with E-state index in [1.807, 2.05) is 6.92 Å². The molecule has 4 heteroatoms. The molecule has 1 atom stereocenters. The number of rotatable bonds is 4. The Bertz CT molecular complexity index is 594. The molecule has 0 saturated heterocycles. The van der Waals surface area contributed by atoms with E-state index in [1.54, 1.807) is 24.3 Å². The summed E-state index contributed by atoms with van der Waals surface area (Å²) in [6.07, 6.45) is 0.978. The Kier molecular flexibility index (Phi) is 4.55. The van der Waals surface area contributed by atoms with Gasteiger partial charge in [-0.25, -0.2) is 8.78 Å². The van der Waals surface area contributed by atoms with Crippen molar-refractivity contribution in [2.75, 3.05) is 0 Å². The van der Waals surface area contributed by atoms with Crippen LogP contribution in [0.5, 0.6) is 0 Å². The average molecular weight is 340 g/mol. The Labute approximate surface area is 125 Å². The van der Waals surface area contributed by atoms with Gasteiger partial charge in [0.2, 0.25) is 0 Å². The second-order valence-electron chi connectivity index (χ2n) is 5.37. The van der Waals surface area contributed by atoms with Crippen molar-refractivity contribution in [1.82, 2.24) is 0 Å². The summed E-state index contributed by atoms with van der Waals surface area (Å²) in [4.78, 5) is 0. The molecule has 0 fully saturated rings. The predicted molar refractivity (Wildman–Crippen MR) is 80.5 cm³/mol. The van der Waals surface area contributed by atoms with Crippen molar-refractivity contribution < 1.29 is 8.78 Å². The van der Waals surface area contributed by atoms with E-state index in [1.165, 1.54) is 18.2 Å². The SMILES string of the molecule is CC(N)(Cc1ccc(F)cc1)Cc1ccc(Br)cc1F. The fourth-order valence-corrected chi connectivity index (χ4v) is 2.56. The monoisotopic (exact) mass is 339 g/mol. The van der Waals surface area contributed by atoms with E-state index in [-0.39, 0.29) is 11.6 Å². The van der Waals surface area contributed by atoms with Crippen LogP contribution in [0.2, 0.25) is 0 Å². The number of nitrogens with two attached hydrogens (primary N) is 1. The third-order valence-corrected chi connectivity index (χ3v) is 3.62. The van der Waals surface area contributed by atoms with Crippen LogP contribution in [0.15, 0.2) is 46.9 Å². The van der Waals surface area contributed by atoms with Crippen LogP contribution in [0.25, 0.3) is 0 Å². The third-order valence-electron chi connectivity index (χ3n) is 3.13. The van der Waals surface area contributed by atoms with E-state index in [0.29, 0.717) is 22.9 Å². The van der Waals surface area contributed by atoms with Gasteiger partial charge in [-0.3, -0.25) is 0 Å². The van der Waals surface area contributed by atoms with E-state index >= 15 is 0 Å². The predicted octanol–water partition coefficient (Wildman–Crippen LogP) is 4.23. The first-order chi connectivity index (χ1) is 9.35. The van der Waals surface area contributed by atoms with Crippen molar-refractivity contribution in [1.29, 1.82) is 0 Å². The highest BCUT2D eigenvalue weighted by molar-refractivity contribution is 9.10. The van der Waals surface area contributed by atoms with Gasteiger partial charge in [0.1, 0.15) is 11.6 Å². The first-order valence-corrected chi connectivity index (χ1v) is 7.12. The first-order valence-electron chi connectivity index (χ1n) is 6.33. The Balaban J connectivity index is 2.12. The zero-order valence-electron chi connectivity index (χ0n) is 11.2. The van der Waals surface area contributed by atoms with Crippen molar-refractivity contribution >= 4 is 15.9 Å². The van der Waals surface area contributed by atoms with E-state index in [2.05, 4.69) is 15.9 Å². The molecule has 2 aromatic carbocycles. The van der Waals surface area contributed by atoms with Gasteiger partial charge in [-0.05, 0) is 55.2 Å². The van der Waals surface area contributed by atoms with Gasteiger partial charge in [-0.2, -0.15) is 0 Å². The molecule has 0 aromatic heterocycles. The summed E-state index contributed by atoms with van der Waals surface area (Å²) < 4.78 is 27.4. The maximum Gasteiger partial charge on any atom is 0.127 e. The lowest BCUT2D eigenvalue weighted by molar-refractivity contribution is 0.450. The number of benzene rings is 2. The Hall–Kier alpha value is -1.26. The molecule has 0 radical (unpaired) electrons. The summed E-state index contributed by atoms with van der Waals surface area (Å²) in [5.74, 6) is -0.540. The molecular weight excluding hydrogens is 324 g/mol. The van der Waals surface area contributed by atoms with E-state index in [9.17, 15) is 8.78 Å². The summed E-state index contributed by atoms with van der Waals surface area (Å²) in [5.41, 5.74) is 7.19. The number of hydrogen-bond acceptors (Lipinski definition) is 1. The van der Waals surface area contributed by atoms with E-state index < -0.39 is 5.54 Å². The molecule has 1 unspecified atom stereocenters. The van der Waals surface area contributed by atoms with Gasteiger partial charge in [0.15, 0.2) is 0 Å². The van der Waals surface area contributed by atoms with Crippen LogP contribution in [0, 0.1) is 11.6 Å². The van der Waals surface area contributed by atoms with Crippen molar-refractivity contribution in [2.24, 2.45) is 5.73 Å². The summed E-state index contributed by atoms with van der Waals surface area (Å²) in [5, 5.41) is 0. The van der Waals surface area contributed by atoms with Gasteiger partial charge in [-0.15, -0.1) is 0 Å². The van der Waals surface area contributed by atoms with Crippen LogP contribution in [-0.4, -0.2) is 5.54 Å². The lowest BCUT2D eigenvalue weighted by atomic mass is 9.87. The van der Waals surface area contributed by atoms with Crippen LogP contribution in [0.1, 0.15) is 18.1 Å². The third kappa shape index (κ3) is 4.12. The highest BCUT2D eigenvalue weighted by Crippen LogP contribution is 2.21. The topological polar surface area (TPSA) is 26.0 Å². The van der Waals surface area contributed by atoms with E-state index in [0.717, 1.165) is 5.56 Å². The maximum atomic E-state index is 13.8. The van der Waals surface area contributed by atoms with Crippen LogP contribution in [0.4, 0.5) is 8.78 Å².